The second-order valence-electron chi connectivity index (χ2n) is 8.85. The number of hydrogen-bond donors (Lipinski definition) is 3. The predicted molar refractivity (Wildman–Crippen MR) is 140 cm³/mol. The maximum absolute atomic E-state index is 13.7. The quantitative estimate of drug-likeness (QED) is 0.378. The van der Waals surface area contributed by atoms with Gasteiger partial charge in [0.05, 0.1) is 18.9 Å². The number of carbonyl (C=O) groups is 4. The van der Waals surface area contributed by atoms with Crippen molar-refractivity contribution < 1.29 is 28.3 Å². The fourth-order valence-electron chi connectivity index (χ4n) is 4.25. The molecule has 3 N–H and O–H groups in total. The highest BCUT2D eigenvalue weighted by Crippen LogP contribution is 2.29. The van der Waals surface area contributed by atoms with Crippen LogP contribution < -0.4 is 20.9 Å². The van der Waals surface area contributed by atoms with Gasteiger partial charge in [0, 0.05) is 31.5 Å². The van der Waals surface area contributed by atoms with Crippen LogP contribution in [0.4, 0.5) is 11.4 Å². The number of benzene rings is 2. The van der Waals surface area contributed by atoms with Gasteiger partial charge in [0.1, 0.15) is 6.04 Å². The van der Waals surface area contributed by atoms with Crippen LogP contribution >= 0.6 is 0 Å². The number of ether oxygens (including phenoxy) is 1. The molecule has 10 heteroatoms. The van der Waals surface area contributed by atoms with Crippen molar-refractivity contribution in [1.82, 2.24) is 10.6 Å². The lowest BCUT2D eigenvalue weighted by molar-refractivity contribution is -0.126. The Morgan fingerprint density at radius 2 is 1.74 bits per heavy atom. The normalized spacial score (nSPS) is 15.3. The molecule has 1 aliphatic heterocycles. The molecular formula is C28H30N4O6. The first kappa shape index (κ1) is 26.6. The van der Waals surface area contributed by atoms with Crippen LogP contribution in [0.5, 0.6) is 0 Å². The Balaban J connectivity index is 1.64. The molecule has 0 radical (unpaired) electrons. The predicted octanol–water partition coefficient (Wildman–Crippen LogP) is 3.04. The van der Waals surface area contributed by atoms with Gasteiger partial charge >= 0.3 is 0 Å². The monoisotopic (exact) mass is 518 g/mol. The molecule has 2 atom stereocenters. The lowest BCUT2D eigenvalue weighted by atomic mass is 10.0. The van der Waals surface area contributed by atoms with E-state index in [4.69, 9.17) is 9.15 Å². The molecule has 2 heterocycles. The fraction of sp³-hybridized carbons (Fsp3) is 0.286. The molecule has 1 saturated heterocycles. The number of nitrogens with one attached hydrogen (secondary N) is 3. The van der Waals surface area contributed by atoms with Crippen molar-refractivity contribution >= 4 is 35.0 Å². The van der Waals surface area contributed by atoms with E-state index in [2.05, 4.69) is 16.0 Å². The molecule has 0 bridgehead atoms. The molecule has 4 amide bonds. The Bertz CT molecular complexity index is 1240. The Morgan fingerprint density at radius 1 is 0.974 bits per heavy atom. The molecule has 0 aliphatic carbocycles. The van der Waals surface area contributed by atoms with Crippen LogP contribution in [0.15, 0.2) is 77.4 Å². The summed E-state index contributed by atoms with van der Waals surface area (Å²) < 4.78 is 10.7. The second-order valence-corrected chi connectivity index (χ2v) is 8.85. The van der Waals surface area contributed by atoms with Crippen LogP contribution in [0.1, 0.15) is 41.9 Å². The van der Waals surface area contributed by atoms with Gasteiger partial charge in [-0.3, -0.25) is 24.1 Å². The molecule has 0 saturated carbocycles. The summed E-state index contributed by atoms with van der Waals surface area (Å²) in [5, 5.41) is 8.19. The topological polar surface area (TPSA) is 130 Å². The third kappa shape index (κ3) is 6.86. The summed E-state index contributed by atoms with van der Waals surface area (Å²) in [6, 6.07) is 17.5. The molecule has 10 nitrogen and oxygen atoms in total. The van der Waals surface area contributed by atoms with Crippen molar-refractivity contribution in [3.05, 3.63) is 84.3 Å². The summed E-state index contributed by atoms with van der Waals surface area (Å²) in [5.74, 6) is -1.62. The van der Waals surface area contributed by atoms with E-state index in [9.17, 15) is 19.2 Å². The number of nitrogens with zero attached hydrogens (tertiary/aromatic N) is 1. The van der Waals surface area contributed by atoms with Crippen molar-refractivity contribution in [3.63, 3.8) is 0 Å². The Morgan fingerprint density at radius 3 is 2.37 bits per heavy atom. The summed E-state index contributed by atoms with van der Waals surface area (Å²) in [4.78, 5) is 52.5. The molecule has 1 aromatic heterocycles. The number of hydrogen-bond acceptors (Lipinski definition) is 6. The molecule has 0 unspecified atom stereocenters. The number of carbonyl (C=O) groups excluding carboxylic acids is 4. The molecule has 4 rings (SSSR count). The smallest absolute Gasteiger partial charge is 0.287 e. The lowest BCUT2D eigenvalue weighted by Crippen LogP contribution is -2.48. The third-order valence-corrected chi connectivity index (χ3v) is 6.03. The minimum absolute atomic E-state index is 0.0675. The molecule has 1 aliphatic rings. The van der Waals surface area contributed by atoms with E-state index in [-0.39, 0.29) is 30.2 Å². The van der Waals surface area contributed by atoms with Crippen LogP contribution in [0.25, 0.3) is 0 Å². The van der Waals surface area contributed by atoms with Gasteiger partial charge in [0.2, 0.25) is 17.7 Å². The minimum atomic E-state index is -1.03. The maximum Gasteiger partial charge on any atom is 0.287 e. The van der Waals surface area contributed by atoms with Crippen molar-refractivity contribution in [1.29, 1.82) is 0 Å². The Kier molecular flexibility index (Phi) is 8.89. The summed E-state index contributed by atoms with van der Waals surface area (Å²) in [7, 11) is 0. The van der Waals surface area contributed by atoms with E-state index in [0.717, 1.165) is 12.8 Å². The van der Waals surface area contributed by atoms with Gasteiger partial charge in [-0.1, -0.05) is 30.3 Å². The highest BCUT2D eigenvalue weighted by molar-refractivity contribution is 6.04. The highest BCUT2D eigenvalue weighted by atomic mass is 16.5. The fourth-order valence-corrected chi connectivity index (χ4v) is 4.25. The number of furan rings is 1. The first-order chi connectivity index (χ1) is 18.4. The molecule has 0 spiro atoms. The molecule has 1 fully saturated rings. The lowest BCUT2D eigenvalue weighted by Gasteiger charge is -2.32. The molecule has 3 aromatic rings. The molecule has 2 aromatic carbocycles. The second kappa shape index (κ2) is 12.7. The minimum Gasteiger partial charge on any atom is -0.459 e. The van der Waals surface area contributed by atoms with E-state index in [0.29, 0.717) is 30.1 Å². The first-order valence-electron chi connectivity index (χ1n) is 12.4. The van der Waals surface area contributed by atoms with E-state index < -0.39 is 17.9 Å². The molecule has 198 valence electrons. The van der Waals surface area contributed by atoms with Gasteiger partial charge in [0.15, 0.2) is 5.76 Å². The van der Waals surface area contributed by atoms with E-state index in [1.54, 1.807) is 54.6 Å². The number of rotatable bonds is 10. The van der Waals surface area contributed by atoms with Gasteiger partial charge in [-0.25, -0.2) is 0 Å². The zero-order chi connectivity index (χ0) is 26.9. The van der Waals surface area contributed by atoms with Crippen molar-refractivity contribution in [2.75, 3.05) is 29.9 Å². The van der Waals surface area contributed by atoms with Gasteiger partial charge in [-0.05, 0) is 54.8 Å². The van der Waals surface area contributed by atoms with Crippen LogP contribution in [0.3, 0.4) is 0 Å². The van der Waals surface area contributed by atoms with Gasteiger partial charge < -0.3 is 25.1 Å². The zero-order valence-corrected chi connectivity index (χ0v) is 21.0. The summed E-state index contributed by atoms with van der Waals surface area (Å²) >= 11 is 0. The van der Waals surface area contributed by atoms with Gasteiger partial charge in [-0.15, -0.1) is 0 Å². The van der Waals surface area contributed by atoms with Crippen molar-refractivity contribution in [2.45, 2.75) is 31.9 Å². The summed E-state index contributed by atoms with van der Waals surface area (Å²) in [6.45, 7) is 1.99. The average molecular weight is 519 g/mol. The SMILES string of the molecule is CC(=O)Nc1ccc(N(C(=O)CNC(=O)c2ccco2)[C@@H](C(=O)NC[C@@H]2CCCO2)c2ccccc2)cc1. The number of amides is 4. The van der Waals surface area contributed by atoms with Crippen LogP contribution in [0.2, 0.25) is 0 Å². The summed E-state index contributed by atoms with van der Waals surface area (Å²) in [5.41, 5.74) is 1.55. The first-order valence-corrected chi connectivity index (χ1v) is 12.4. The van der Waals surface area contributed by atoms with Crippen LogP contribution in [0, 0.1) is 0 Å². The van der Waals surface area contributed by atoms with E-state index in [1.807, 2.05) is 6.07 Å². The molecular weight excluding hydrogens is 488 g/mol. The van der Waals surface area contributed by atoms with Gasteiger partial charge in [-0.2, -0.15) is 0 Å². The largest absolute Gasteiger partial charge is 0.459 e. The Hall–Kier alpha value is -4.44. The third-order valence-electron chi connectivity index (χ3n) is 6.03. The van der Waals surface area contributed by atoms with Crippen molar-refractivity contribution in [3.8, 4) is 0 Å². The Labute approximate surface area is 220 Å². The molecule has 38 heavy (non-hydrogen) atoms. The number of anilines is 2. The van der Waals surface area contributed by atoms with Crippen LogP contribution in [-0.4, -0.2) is 49.4 Å². The zero-order valence-electron chi connectivity index (χ0n) is 21.0. The van der Waals surface area contributed by atoms with E-state index in [1.165, 1.54) is 24.2 Å². The van der Waals surface area contributed by atoms with Crippen molar-refractivity contribution in [2.24, 2.45) is 0 Å². The van der Waals surface area contributed by atoms with Crippen LogP contribution in [-0.2, 0) is 19.1 Å². The average Bonchev–Trinajstić information content (AvgIpc) is 3.64. The standard InChI is InChI=1S/C28H30N4O6/c1-19(33)31-21-11-13-22(14-12-21)32(25(34)18-30-27(35)24-10-6-16-38-24)26(20-7-3-2-4-8-20)28(36)29-17-23-9-5-15-37-23/h2-4,6-8,10-14,16,23,26H,5,9,15,17-18H2,1H3,(H,29,36)(H,30,35)(H,31,33)/t23-,26+/m0/s1. The maximum atomic E-state index is 13.7. The highest BCUT2D eigenvalue weighted by Gasteiger charge is 2.33. The summed E-state index contributed by atoms with van der Waals surface area (Å²) in [6.07, 6.45) is 3.07. The van der Waals surface area contributed by atoms with E-state index >= 15 is 0 Å². The van der Waals surface area contributed by atoms with Gasteiger partial charge in [0.25, 0.3) is 5.91 Å².